The Balaban J connectivity index is 2.30. The number of amides is 1. The molecule has 1 aromatic carbocycles. The maximum Gasteiger partial charge on any atom is 0.337 e. The van der Waals surface area contributed by atoms with E-state index < -0.39 is 11.9 Å². The molecule has 2 aromatic rings. The van der Waals surface area contributed by atoms with Gasteiger partial charge in [0.05, 0.1) is 10.6 Å². The fourth-order valence-corrected chi connectivity index (χ4v) is 2.56. The Bertz CT molecular complexity index is 691. The van der Waals surface area contributed by atoms with E-state index in [-0.39, 0.29) is 16.3 Å². The zero-order valence-electron chi connectivity index (χ0n) is 10.0. The summed E-state index contributed by atoms with van der Waals surface area (Å²) in [6, 6.07) is 7.93. The normalized spacial score (nSPS) is 10.2. The Morgan fingerprint density at radius 1 is 1.20 bits per heavy atom. The van der Waals surface area contributed by atoms with Gasteiger partial charge in [0.15, 0.2) is 0 Å². The maximum atomic E-state index is 11.0. The van der Waals surface area contributed by atoms with Crippen molar-refractivity contribution in [3.8, 4) is 0 Å². The van der Waals surface area contributed by atoms with Gasteiger partial charge < -0.3 is 10.8 Å². The number of pyridine rings is 1. The summed E-state index contributed by atoms with van der Waals surface area (Å²) in [5.41, 5.74) is 5.34. The second-order valence-electron chi connectivity index (χ2n) is 3.79. The molecule has 1 heterocycles. The van der Waals surface area contributed by atoms with Crippen LogP contribution in [0.5, 0.6) is 0 Å². The lowest BCUT2D eigenvalue weighted by Crippen LogP contribution is -2.12. The highest BCUT2D eigenvalue weighted by molar-refractivity contribution is 7.99. The fourth-order valence-electron chi connectivity index (χ4n) is 1.48. The summed E-state index contributed by atoms with van der Waals surface area (Å²) in [6.07, 6.45) is 1.47. The van der Waals surface area contributed by atoms with Crippen molar-refractivity contribution < 1.29 is 14.7 Å². The van der Waals surface area contributed by atoms with Gasteiger partial charge in [0, 0.05) is 16.0 Å². The molecule has 0 aliphatic carbocycles. The van der Waals surface area contributed by atoms with Gasteiger partial charge in [-0.3, -0.25) is 9.78 Å². The highest BCUT2D eigenvalue weighted by atomic mass is 35.5. The summed E-state index contributed by atoms with van der Waals surface area (Å²) in [4.78, 5) is 27.3. The Hall–Kier alpha value is -2.05. The number of aromatic carboxylic acids is 1. The van der Waals surface area contributed by atoms with Crippen molar-refractivity contribution in [1.29, 1.82) is 0 Å². The molecule has 5 nitrogen and oxygen atoms in total. The van der Waals surface area contributed by atoms with Crippen LogP contribution in [0.15, 0.2) is 46.3 Å². The van der Waals surface area contributed by atoms with E-state index >= 15 is 0 Å². The molecule has 0 bridgehead atoms. The molecule has 0 saturated carbocycles. The molecule has 1 amide bonds. The molecule has 1 aromatic heterocycles. The number of halogens is 1. The molecule has 0 unspecified atom stereocenters. The molecule has 0 aliphatic rings. The smallest absolute Gasteiger partial charge is 0.337 e. The van der Waals surface area contributed by atoms with E-state index in [1.54, 1.807) is 18.2 Å². The van der Waals surface area contributed by atoms with Crippen molar-refractivity contribution in [2.24, 2.45) is 5.73 Å². The van der Waals surface area contributed by atoms with Gasteiger partial charge in [-0.05, 0) is 30.3 Å². The van der Waals surface area contributed by atoms with Gasteiger partial charge in [-0.1, -0.05) is 23.4 Å². The average molecular weight is 309 g/mol. The minimum Gasteiger partial charge on any atom is -0.478 e. The molecular weight excluding hydrogens is 300 g/mol. The molecule has 0 spiro atoms. The van der Waals surface area contributed by atoms with E-state index in [1.165, 1.54) is 30.1 Å². The molecule has 2 rings (SSSR count). The SMILES string of the molecule is NC(=O)c1cc(Sc2ccc(Cl)c(C(=O)O)c2)ccn1. The van der Waals surface area contributed by atoms with Crippen LogP contribution in [-0.2, 0) is 0 Å². The molecule has 0 saturated heterocycles. The van der Waals surface area contributed by atoms with E-state index in [2.05, 4.69) is 4.98 Å². The summed E-state index contributed by atoms with van der Waals surface area (Å²) in [6.45, 7) is 0. The number of primary amides is 1. The van der Waals surface area contributed by atoms with E-state index in [0.29, 0.717) is 4.90 Å². The van der Waals surface area contributed by atoms with E-state index in [1.807, 2.05) is 0 Å². The standard InChI is InChI=1S/C13H9ClN2O3S/c14-10-2-1-7(5-9(10)13(18)19)20-8-3-4-16-11(6-8)12(15)17/h1-6H,(H2,15,17)(H,18,19). The lowest BCUT2D eigenvalue weighted by atomic mass is 10.2. The van der Waals surface area contributed by atoms with E-state index in [9.17, 15) is 9.59 Å². The Kier molecular flexibility index (Phi) is 4.26. The van der Waals surface area contributed by atoms with E-state index in [4.69, 9.17) is 22.4 Å². The Morgan fingerprint density at radius 2 is 1.90 bits per heavy atom. The maximum absolute atomic E-state index is 11.0. The third-order valence-corrected chi connectivity index (χ3v) is 3.70. The largest absolute Gasteiger partial charge is 0.478 e. The van der Waals surface area contributed by atoms with Crippen molar-refractivity contribution in [3.63, 3.8) is 0 Å². The Morgan fingerprint density at radius 3 is 2.55 bits per heavy atom. The third kappa shape index (κ3) is 3.28. The first kappa shape index (κ1) is 14.4. The minimum atomic E-state index is -1.09. The first-order valence-electron chi connectivity index (χ1n) is 5.44. The molecular formula is C13H9ClN2O3S. The number of hydrogen-bond acceptors (Lipinski definition) is 4. The zero-order valence-corrected chi connectivity index (χ0v) is 11.6. The van der Waals surface area contributed by atoms with Gasteiger partial charge in [0.1, 0.15) is 5.69 Å². The van der Waals surface area contributed by atoms with Crippen LogP contribution in [0.4, 0.5) is 0 Å². The predicted molar refractivity (Wildman–Crippen MR) is 75.3 cm³/mol. The fraction of sp³-hybridized carbons (Fsp3) is 0. The molecule has 0 atom stereocenters. The van der Waals surface area contributed by atoms with Crippen LogP contribution in [0.3, 0.4) is 0 Å². The number of nitrogens with two attached hydrogens (primary N) is 1. The number of benzene rings is 1. The van der Waals surface area contributed by atoms with Crippen LogP contribution >= 0.6 is 23.4 Å². The van der Waals surface area contributed by atoms with Crippen LogP contribution in [-0.4, -0.2) is 22.0 Å². The highest BCUT2D eigenvalue weighted by Gasteiger charge is 2.10. The number of carboxylic acid groups (broad SMARTS) is 1. The number of carbonyl (C=O) groups excluding carboxylic acids is 1. The molecule has 3 N–H and O–H groups in total. The molecule has 0 fully saturated rings. The number of rotatable bonds is 4. The van der Waals surface area contributed by atoms with Crippen molar-refractivity contribution in [1.82, 2.24) is 4.98 Å². The zero-order chi connectivity index (χ0) is 14.7. The average Bonchev–Trinajstić information content (AvgIpc) is 2.41. The quantitative estimate of drug-likeness (QED) is 0.905. The third-order valence-electron chi connectivity index (χ3n) is 2.39. The number of aromatic nitrogens is 1. The van der Waals surface area contributed by atoms with Crippen LogP contribution in [0, 0.1) is 0 Å². The van der Waals surface area contributed by atoms with Gasteiger partial charge in [-0.15, -0.1) is 0 Å². The van der Waals surface area contributed by atoms with Crippen molar-refractivity contribution >= 4 is 35.2 Å². The van der Waals surface area contributed by atoms with Crippen LogP contribution in [0.2, 0.25) is 5.02 Å². The second kappa shape index (κ2) is 5.94. The Labute approximate surface area is 123 Å². The summed E-state index contributed by atoms with van der Waals surface area (Å²) >= 11 is 7.09. The number of hydrogen-bond donors (Lipinski definition) is 2. The van der Waals surface area contributed by atoms with Crippen molar-refractivity contribution in [2.75, 3.05) is 0 Å². The molecule has 20 heavy (non-hydrogen) atoms. The van der Waals surface area contributed by atoms with Gasteiger partial charge in [0.25, 0.3) is 5.91 Å². The van der Waals surface area contributed by atoms with Crippen molar-refractivity contribution in [3.05, 3.63) is 52.8 Å². The summed E-state index contributed by atoms with van der Waals surface area (Å²) < 4.78 is 0. The highest BCUT2D eigenvalue weighted by Crippen LogP contribution is 2.30. The molecule has 0 radical (unpaired) electrons. The van der Waals surface area contributed by atoms with Gasteiger partial charge >= 0.3 is 5.97 Å². The topological polar surface area (TPSA) is 93.3 Å². The summed E-state index contributed by atoms with van der Waals surface area (Å²) in [5.74, 6) is -1.71. The summed E-state index contributed by atoms with van der Waals surface area (Å²) in [5, 5.41) is 9.18. The number of carbonyl (C=O) groups is 2. The molecule has 0 aliphatic heterocycles. The van der Waals surface area contributed by atoms with Crippen LogP contribution < -0.4 is 5.73 Å². The lowest BCUT2D eigenvalue weighted by Gasteiger charge is -2.05. The van der Waals surface area contributed by atoms with Crippen molar-refractivity contribution in [2.45, 2.75) is 9.79 Å². The first-order valence-corrected chi connectivity index (χ1v) is 6.63. The summed E-state index contributed by atoms with van der Waals surface area (Å²) in [7, 11) is 0. The molecule has 7 heteroatoms. The first-order chi connectivity index (χ1) is 9.47. The van der Waals surface area contributed by atoms with Gasteiger partial charge in [-0.2, -0.15) is 0 Å². The van der Waals surface area contributed by atoms with Crippen LogP contribution in [0.1, 0.15) is 20.8 Å². The van der Waals surface area contributed by atoms with E-state index in [0.717, 1.165) is 4.90 Å². The monoisotopic (exact) mass is 308 g/mol. The predicted octanol–water partition coefficient (Wildman–Crippen LogP) is 2.68. The molecule has 102 valence electrons. The van der Waals surface area contributed by atoms with Gasteiger partial charge in [-0.25, -0.2) is 4.79 Å². The van der Waals surface area contributed by atoms with Crippen LogP contribution in [0.25, 0.3) is 0 Å². The number of carboxylic acids is 1. The number of nitrogens with zero attached hydrogens (tertiary/aromatic N) is 1. The van der Waals surface area contributed by atoms with Gasteiger partial charge in [0.2, 0.25) is 0 Å². The minimum absolute atomic E-state index is 0.0286. The lowest BCUT2D eigenvalue weighted by molar-refractivity contribution is 0.0696. The second-order valence-corrected chi connectivity index (χ2v) is 5.34.